The minimum atomic E-state index is 1.09. The normalized spacial score (nSPS) is 11.9. The van der Waals surface area contributed by atoms with E-state index in [0.717, 1.165) is 6.54 Å². The molecule has 0 N–H and O–H groups in total. The molecular formula is C30H29N. The van der Waals surface area contributed by atoms with Gasteiger partial charge in [0.15, 0.2) is 0 Å². The SMILES string of the molecule is CCCCCCn1c2ccccc2c2cc(/C=C/c3ccc4ccccc4c3)ccc21. The number of nitrogens with zero attached hydrogens (tertiary/aromatic N) is 1. The van der Waals surface area contributed by atoms with Gasteiger partial charge in [-0.25, -0.2) is 0 Å². The van der Waals surface area contributed by atoms with Crippen LogP contribution in [-0.4, -0.2) is 4.57 Å². The number of hydrogen-bond acceptors (Lipinski definition) is 0. The molecule has 1 heterocycles. The molecule has 1 aromatic heterocycles. The van der Waals surface area contributed by atoms with Crippen molar-refractivity contribution < 1.29 is 0 Å². The van der Waals surface area contributed by atoms with E-state index in [1.165, 1.54) is 69.4 Å². The quantitative estimate of drug-likeness (QED) is 0.189. The fraction of sp³-hybridized carbons (Fsp3) is 0.200. The zero-order valence-corrected chi connectivity index (χ0v) is 18.2. The summed E-state index contributed by atoms with van der Waals surface area (Å²) >= 11 is 0. The number of rotatable bonds is 7. The zero-order valence-electron chi connectivity index (χ0n) is 18.2. The molecule has 0 aliphatic carbocycles. The molecule has 5 rings (SSSR count). The molecule has 1 heteroatoms. The van der Waals surface area contributed by atoms with Crippen LogP contribution in [0, 0.1) is 0 Å². The Morgan fingerprint density at radius 1 is 0.613 bits per heavy atom. The first-order valence-electron chi connectivity index (χ1n) is 11.5. The average Bonchev–Trinajstić information content (AvgIpc) is 3.13. The molecule has 0 radical (unpaired) electrons. The van der Waals surface area contributed by atoms with E-state index in [-0.39, 0.29) is 0 Å². The van der Waals surface area contributed by atoms with Gasteiger partial charge in [-0.2, -0.15) is 0 Å². The summed E-state index contributed by atoms with van der Waals surface area (Å²) in [5.41, 5.74) is 5.18. The molecular weight excluding hydrogens is 374 g/mol. The third kappa shape index (κ3) is 4.01. The van der Waals surface area contributed by atoms with E-state index in [1.54, 1.807) is 0 Å². The first kappa shape index (κ1) is 19.6. The van der Waals surface area contributed by atoms with E-state index in [9.17, 15) is 0 Å². The van der Waals surface area contributed by atoms with Crippen LogP contribution in [0.2, 0.25) is 0 Å². The molecule has 0 aliphatic heterocycles. The Hall–Kier alpha value is -3.32. The predicted octanol–water partition coefficient (Wildman–Crippen LogP) is 8.70. The van der Waals surface area contributed by atoms with Gasteiger partial charge in [0.25, 0.3) is 0 Å². The summed E-state index contributed by atoms with van der Waals surface area (Å²) in [6, 6.07) is 30.9. The van der Waals surface area contributed by atoms with E-state index in [4.69, 9.17) is 0 Å². The van der Waals surface area contributed by atoms with Crippen LogP contribution in [0.3, 0.4) is 0 Å². The monoisotopic (exact) mass is 403 g/mol. The Morgan fingerprint density at radius 3 is 2.19 bits per heavy atom. The smallest absolute Gasteiger partial charge is 0.0491 e. The van der Waals surface area contributed by atoms with Gasteiger partial charge in [-0.1, -0.05) is 99.0 Å². The summed E-state index contributed by atoms with van der Waals surface area (Å²) in [4.78, 5) is 0. The topological polar surface area (TPSA) is 4.93 Å². The molecule has 0 saturated carbocycles. The summed E-state index contributed by atoms with van der Waals surface area (Å²) in [6.45, 7) is 3.36. The molecule has 5 aromatic rings. The molecule has 154 valence electrons. The number of fused-ring (bicyclic) bond motifs is 4. The Morgan fingerprint density at radius 2 is 1.32 bits per heavy atom. The third-order valence-corrected chi connectivity index (χ3v) is 6.27. The highest BCUT2D eigenvalue weighted by atomic mass is 15.0. The molecule has 0 aliphatic rings. The molecule has 4 aromatic carbocycles. The van der Waals surface area contributed by atoms with E-state index >= 15 is 0 Å². The average molecular weight is 404 g/mol. The number of hydrogen-bond donors (Lipinski definition) is 0. The predicted molar refractivity (Wildman–Crippen MR) is 136 cm³/mol. The lowest BCUT2D eigenvalue weighted by Crippen LogP contribution is -1.97. The van der Waals surface area contributed by atoms with Crippen LogP contribution in [0.5, 0.6) is 0 Å². The molecule has 0 spiro atoms. The van der Waals surface area contributed by atoms with Gasteiger partial charge in [-0.05, 0) is 52.6 Å². The molecule has 0 bridgehead atoms. The van der Waals surface area contributed by atoms with Crippen molar-refractivity contribution in [2.24, 2.45) is 0 Å². The number of para-hydroxylation sites is 1. The van der Waals surface area contributed by atoms with Crippen LogP contribution in [0.4, 0.5) is 0 Å². The van der Waals surface area contributed by atoms with E-state index in [2.05, 4.69) is 109 Å². The summed E-state index contributed by atoms with van der Waals surface area (Å²) < 4.78 is 2.51. The summed E-state index contributed by atoms with van der Waals surface area (Å²) in [7, 11) is 0. The van der Waals surface area contributed by atoms with Crippen LogP contribution in [0.25, 0.3) is 44.7 Å². The van der Waals surface area contributed by atoms with Gasteiger partial charge in [0, 0.05) is 28.4 Å². The lowest BCUT2D eigenvalue weighted by atomic mass is 10.0. The van der Waals surface area contributed by atoms with Crippen molar-refractivity contribution in [3.63, 3.8) is 0 Å². The second kappa shape index (κ2) is 8.81. The lowest BCUT2D eigenvalue weighted by Gasteiger charge is -2.07. The lowest BCUT2D eigenvalue weighted by molar-refractivity contribution is 0.602. The Balaban J connectivity index is 1.49. The molecule has 0 atom stereocenters. The molecule has 31 heavy (non-hydrogen) atoms. The van der Waals surface area contributed by atoms with Crippen molar-refractivity contribution in [3.8, 4) is 0 Å². The number of aryl methyl sites for hydroxylation is 1. The van der Waals surface area contributed by atoms with Gasteiger partial charge < -0.3 is 4.57 Å². The summed E-state index contributed by atoms with van der Waals surface area (Å²) in [5, 5.41) is 5.28. The third-order valence-electron chi connectivity index (χ3n) is 6.27. The van der Waals surface area contributed by atoms with Crippen LogP contribution in [0.1, 0.15) is 43.7 Å². The van der Waals surface area contributed by atoms with Gasteiger partial charge >= 0.3 is 0 Å². The second-order valence-corrected chi connectivity index (χ2v) is 8.45. The number of unbranched alkanes of at least 4 members (excludes halogenated alkanes) is 3. The van der Waals surface area contributed by atoms with Crippen LogP contribution >= 0.6 is 0 Å². The van der Waals surface area contributed by atoms with E-state index < -0.39 is 0 Å². The van der Waals surface area contributed by atoms with Gasteiger partial charge in [0.1, 0.15) is 0 Å². The molecule has 0 unspecified atom stereocenters. The van der Waals surface area contributed by atoms with Crippen LogP contribution in [0.15, 0.2) is 84.9 Å². The van der Waals surface area contributed by atoms with Gasteiger partial charge in [0.2, 0.25) is 0 Å². The molecule has 1 nitrogen and oxygen atoms in total. The minimum absolute atomic E-state index is 1.09. The zero-order chi connectivity index (χ0) is 21.0. The molecule has 0 fully saturated rings. The van der Waals surface area contributed by atoms with Crippen molar-refractivity contribution in [2.75, 3.05) is 0 Å². The fourth-order valence-corrected chi connectivity index (χ4v) is 4.62. The van der Waals surface area contributed by atoms with E-state index in [0.29, 0.717) is 0 Å². The van der Waals surface area contributed by atoms with E-state index in [1.807, 2.05) is 0 Å². The standard InChI is InChI=1S/C30H29N/c1-2-3-4-9-20-31-29-13-8-7-12-27(29)28-22-24(17-19-30(28)31)15-14-23-16-18-25-10-5-6-11-26(25)21-23/h5-8,10-19,21-22H,2-4,9,20H2,1H3/b15-14+. The highest BCUT2D eigenvalue weighted by molar-refractivity contribution is 6.08. The maximum atomic E-state index is 2.51. The van der Waals surface area contributed by atoms with Gasteiger partial charge in [-0.3, -0.25) is 0 Å². The van der Waals surface area contributed by atoms with Gasteiger partial charge in [-0.15, -0.1) is 0 Å². The number of aromatic nitrogens is 1. The van der Waals surface area contributed by atoms with Gasteiger partial charge in [0.05, 0.1) is 0 Å². The second-order valence-electron chi connectivity index (χ2n) is 8.45. The minimum Gasteiger partial charge on any atom is -0.340 e. The van der Waals surface area contributed by atoms with Crippen molar-refractivity contribution in [1.82, 2.24) is 4.57 Å². The summed E-state index contributed by atoms with van der Waals surface area (Å²) in [6.07, 6.45) is 9.59. The Labute approximate surface area is 184 Å². The number of benzene rings is 4. The molecule has 0 amide bonds. The fourth-order valence-electron chi connectivity index (χ4n) is 4.62. The van der Waals surface area contributed by atoms with Crippen LogP contribution < -0.4 is 0 Å². The van der Waals surface area contributed by atoms with Crippen LogP contribution in [-0.2, 0) is 6.54 Å². The summed E-state index contributed by atoms with van der Waals surface area (Å²) in [5.74, 6) is 0. The molecule has 0 saturated heterocycles. The first-order valence-corrected chi connectivity index (χ1v) is 11.5. The highest BCUT2D eigenvalue weighted by Gasteiger charge is 2.10. The Kier molecular flexibility index (Phi) is 5.58. The maximum Gasteiger partial charge on any atom is 0.0491 e. The van der Waals surface area contributed by atoms with Crippen molar-refractivity contribution in [1.29, 1.82) is 0 Å². The van der Waals surface area contributed by atoms with Crippen molar-refractivity contribution in [3.05, 3.63) is 96.1 Å². The highest BCUT2D eigenvalue weighted by Crippen LogP contribution is 2.31. The first-order chi connectivity index (χ1) is 15.3. The van der Waals surface area contributed by atoms with Crippen molar-refractivity contribution >= 4 is 44.7 Å². The Bertz CT molecular complexity index is 1370. The maximum absolute atomic E-state index is 2.51. The largest absolute Gasteiger partial charge is 0.340 e. The van der Waals surface area contributed by atoms with Crippen molar-refractivity contribution in [2.45, 2.75) is 39.2 Å².